The van der Waals surface area contributed by atoms with Gasteiger partial charge in [0.15, 0.2) is 0 Å². The first-order chi connectivity index (χ1) is 34.9. The van der Waals surface area contributed by atoms with Crippen molar-refractivity contribution in [1.82, 2.24) is 63.4 Å². The van der Waals surface area contributed by atoms with Crippen LogP contribution in [0.3, 0.4) is 0 Å². The highest BCUT2D eigenvalue weighted by Gasteiger charge is 2.25. The number of nitrogens with one attached hydrogen (secondary N) is 11. The van der Waals surface area contributed by atoms with Crippen molar-refractivity contribution in [2.75, 3.05) is 79.7 Å². The average molecular weight is 1080 g/mol. The second-order valence-electron chi connectivity index (χ2n) is 15.1. The molecule has 0 rings (SSSR count). The van der Waals surface area contributed by atoms with Crippen LogP contribution in [0.1, 0.15) is 72.6 Å². The number of esters is 2. The van der Waals surface area contributed by atoms with Gasteiger partial charge in [-0.05, 0) is 26.2 Å². The number of hydrogen-bond acceptors (Lipinski definition) is 19. The predicted molar refractivity (Wildman–Crippen MR) is 263 cm³/mol. The van der Waals surface area contributed by atoms with Crippen molar-refractivity contribution in [3.8, 4) is 0 Å². The number of aliphatic hydroxyl groups is 1. The molecule has 13 amide bonds. The molecule has 0 saturated heterocycles. The zero-order chi connectivity index (χ0) is 57.0. The number of ether oxygens (including phenoxy) is 2. The molecular formula is C43H72N12O18S. The number of amides is 13. The van der Waals surface area contributed by atoms with E-state index >= 15 is 0 Å². The Morgan fingerprint density at radius 3 is 1.36 bits per heavy atom. The molecule has 74 heavy (non-hydrogen) atoms. The van der Waals surface area contributed by atoms with Gasteiger partial charge in [-0.1, -0.05) is 33.8 Å². The molecule has 0 saturated carbocycles. The van der Waals surface area contributed by atoms with Crippen LogP contribution in [0.25, 0.3) is 0 Å². The highest BCUT2D eigenvalue weighted by atomic mass is 32.1. The summed E-state index contributed by atoms with van der Waals surface area (Å²) in [7, 11) is 2.27. The van der Waals surface area contributed by atoms with E-state index in [1.807, 2.05) is 0 Å². The van der Waals surface area contributed by atoms with Crippen molar-refractivity contribution in [1.29, 1.82) is 0 Å². The number of carbonyl (C=O) groups excluding carboxylic acids is 15. The summed E-state index contributed by atoms with van der Waals surface area (Å²) in [6.07, 6.45) is 1.26. The first-order valence-corrected chi connectivity index (χ1v) is 23.3. The third kappa shape index (κ3) is 40.8. The molecule has 31 heteroatoms. The van der Waals surface area contributed by atoms with Crippen LogP contribution in [0.15, 0.2) is 12.3 Å². The number of rotatable bonds is 34. The molecule has 0 aliphatic rings. The molecule has 0 aliphatic carbocycles. The van der Waals surface area contributed by atoms with Gasteiger partial charge < -0.3 is 73.1 Å². The quantitative estimate of drug-likeness (QED) is 0.0124. The first-order valence-electron chi connectivity index (χ1n) is 22.8. The molecule has 12 N–H and O–H groups in total. The monoisotopic (exact) mass is 1080 g/mol. The van der Waals surface area contributed by atoms with Crippen molar-refractivity contribution in [3.05, 3.63) is 12.3 Å². The molecule has 0 radical (unpaired) electrons. The number of imide groups is 1. The largest absolute Gasteiger partial charge is 0.511 e. The van der Waals surface area contributed by atoms with Gasteiger partial charge in [-0.25, -0.2) is 0 Å². The summed E-state index contributed by atoms with van der Waals surface area (Å²) < 4.78 is 8.76. The third-order valence-electron chi connectivity index (χ3n) is 8.54. The van der Waals surface area contributed by atoms with Crippen LogP contribution in [-0.4, -0.2) is 197 Å². The Morgan fingerprint density at radius 2 is 0.946 bits per heavy atom. The Kier molecular flexibility index (Phi) is 41.8. The van der Waals surface area contributed by atoms with Crippen LogP contribution >= 0.6 is 12.6 Å². The maximum Gasteiger partial charge on any atom is 0.325 e. The van der Waals surface area contributed by atoms with E-state index in [4.69, 9.17) is 5.11 Å². The van der Waals surface area contributed by atoms with Crippen LogP contribution in [0, 0.1) is 0 Å². The fraction of sp³-hybridized carbons (Fsp3) is 0.605. The van der Waals surface area contributed by atoms with Crippen molar-refractivity contribution >= 4 is 102 Å². The Bertz CT molecular complexity index is 1910. The molecule has 3 unspecified atom stereocenters. The Hall–Kier alpha value is -7.86. The fourth-order valence-corrected chi connectivity index (χ4v) is 4.82. The van der Waals surface area contributed by atoms with Crippen molar-refractivity contribution in [2.45, 2.75) is 90.0 Å². The van der Waals surface area contributed by atoms with Crippen LogP contribution < -0.4 is 58.5 Å². The highest BCUT2D eigenvalue weighted by molar-refractivity contribution is 7.81. The van der Waals surface area contributed by atoms with E-state index in [2.05, 4.69) is 101 Å². The van der Waals surface area contributed by atoms with Gasteiger partial charge in [0.2, 0.25) is 77.8 Å². The highest BCUT2D eigenvalue weighted by Crippen LogP contribution is 2.07. The normalized spacial score (nSPS) is 11.0. The van der Waals surface area contributed by atoms with E-state index in [9.17, 15) is 71.9 Å². The van der Waals surface area contributed by atoms with Crippen molar-refractivity contribution in [2.24, 2.45) is 0 Å². The smallest absolute Gasteiger partial charge is 0.325 e. The number of aliphatic hydroxyl groups excluding tert-OH is 1. The van der Waals surface area contributed by atoms with Crippen LogP contribution in [0.4, 0.5) is 0 Å². The first kappa shape index (κ1) is 70.4. The molecule has 3 atom stereocenters. The van der Waals surface area contributed by atoms with Crippen molar-refractivity contribution in [3.63, 3.8) is 0 Å². The lowest BCUT2D eigenvalue weighted by molar-refractivity contribution is -0.141. The topological polar surface area (TPSA) is 430 Å². The van der Waals surface area contributed by atoms with Gasteiger partial charge in [0, 0.05) is 31.8 Å². The number of nitrogens with zero attached hydrogens (tertiary/aromatic N) is 1. The Labute approximate surface area is 433 Å². The summed E-state index contributed by atoms with van der Waals surface area (Å²) >= 11 is 4.10. The van der Waals surface area contributed by atoms with Gasteiger partial charge in [0.05, 0.1) is 65.3 Å². The molecule has 0 spiro atoms. The van der Waals surface area contributed by atoms with E-state index in [0.717, 1.165) is 19.1 Å². The van der Waals surface area contributed by atoms with E-state index in [-0.39, 0.29) is 70.6 Å². The van der Waals surface area contributed by atoms with Crippen molar-refractivity contribution < 1.29 is 86.5 Å². The molecule has 30 nitrogen and oxygen atoms in total. The Balaban J connectivity index is -0.00000236. The summed E-state index contributed by atoms with van der Waals surface area (Å²) in [5.74, 6) is -8.68. The van der Waals surface area contributed by atoms with Gasteiger partial charge >= 0.3 is 11.9 Å². The lowest BCUT2D eigenvalue weighted by Crippen LogP contribution is -2.50. The minimum atomic E-state index is -1.37. The standard InChI is InChI=1S/C32H51N9O14S.C8H13N3O4.C3H8/c1-5-21(56)32(53)41(18-42)11-10-24(45)40-20(31(52)38-15-28(49)35-14-27(48)37-17-30(51)55-4)7-9-23(44)39-19(2)6-8-22(43)33-12-25(46)34-13-26(47)36-16-29(50)54-3;1-6(13)2-10-8(15)4-11-7(14)3-9-5-12;1-3-2/h18-21,56H,5-17H2,1-4H3,(H,33,43)(H,34,46)(H,35,49)(H,36,47)(H,37,48)(H,38,52)(H,39,44)(H,40,45);5,13H,1-4H2,(H,9,12)(H,10,15)(H,11,14);3H2,1-2H3. The number of carbonyl (C=O) groups is 15. The second kappa shape index (κ2) is 43.9. The second-order valence-corrected chi connectivity index (χ2v) is 15.7. The molecule has 0 fully saturated rings. The average Bonchev–Trinajstić information content (AvgIpc) is 3.37. The lowest BCUT2D eigenvalue weighted by atomic mass is 10.1. The van der Waals surface area contributed by atoms with Crippen LogP contribution in [0.5, 0.6) is 0 Å². The molecule has 0 aromatic carbocycles. The summed E-state index contributed by atoms with van der Waals surface area (Å²) in [6, 6.07) is -1.93. The number of thiol groups is 1. The predicted octanol–water partition coefficient (Wildman–Crippen LogP) is -5.88. The maximum atomic E-state index is 13.0. The Morgan fingerprint density at radius 1 is 0.554 bits per heavy atom. The molecule has 0 aromatic rings. The van der Waals surface area contributed by atoms with Gasteiger partial charge in [-0.2, -0.15) is 12.6 Å². The van der Waals surface area contributed by atoms with Gasteiger partial charge in [0.25, 0.3) is 0 Å². The van der Waals surface area contributed by atoms with Gasteiger partial charge in [-0.3, -0.25) is 76.8 Å². The van der Waals surface area contributed by atoms with Gasteiger partial charge in [0.1, 0.15) is 24.9 Å². The zero-order valence-electron chi connectivity index (χ0n) is 42.4. The van der Waals surface area contributed by atoms with E-state index < -0.39 is 133 Å². The molecule has 418 valence electrons. The van der Waals surface area contributed by atoms with Gasteiger partial charge in [-0.15, -0.1) is 0 Å². The van der Waals surface area contributed by atoms with E-state index in [1.165, 1.54) is 6.42 Å². The SMILES string of the molecule is C=C(O)CNC(=O)CNC(=O)CNC=O.CCC.CCC(S)C(=O)N(C=O)CCC(=O)NC(CCC(=O)NC(C)CCC(=O)NCC(=O)NCC(=O)NCC(=O)OC)C(=O)NCC(=O)NCC(=O)NCC(=O)OC. The minimum Gasteiger partial charge on any atom is -0.511 e. The molecular weight excluding hydrogens is 1000 g/mol. The molecule has 0 aromatic heterocycles. The van der Waals surface area contributed by atoms with E-state index in [1.54, 1.807) is 13.8 Å². The lowest BCUT2D eigenvalue weighted by Gasteiger charge is -2.21. The van der Waals surface area contributed by atoms with Crippen LogP contribution in [0.2, 0.25) is 0 Å². The molecule has 0 heterocycles. The molecule has 0 aliphatic heterocycles. The number of hydrogen-bond donors (Lipinski definition) is 13. The molecule has 0 bridgehead atoms. The minimum absolute atomic E-state index is 0.0543. The third-order valence-corrected chi connectivity index (χ3v) is 9.13. The summed E-state index contributed by atoms with van der Waals surface area (Å²) in [5.41, 5.74) is 0. The summed E-state index contributed by atoms with van der Waals surface area (Å²) in [5, 5.41) is 33.2. The maximum absolute atomic E-state index is 13.0. The van der Waals surface area contributed by atoms with Crippen LogP contribution in [-0.2, 0) is 81.4 Å². The summed E-state index contributed by atoms with van der Waals surface area (Å²) in [6.45, 7) is 7.07. The zero-order valence-corrected chi connectivity index (χ0v) is 43.3. The summed E-state index contributed by atoms with van der Waals surface area (Å²) in [4.78, 5) is 177. The number of methoxy groups -OCH3 is 2. The van der Waals surface area contributed by atoms with E-state index in [0.29, 0.717) is 12.8 Å². The fourth-order valence-electron chi connectivity index (χ4n) is 4.67.